The molecule has 0 saturated carbocycles. The van der Waals surface area contributed by atoms with Crippen molar-refractivity contribution in [3.05, 3.63) is 28.8 Å². The number of methoxy groups -OCH3 is 1. The fourth-order valence-electron chi connectivity index (χ4n) is 4.88. The molecular weight excluding hydrogens is 334 g/mol. The van der Waals surface area contributed by atoms with E-state index < -0.39 is 17.4 Å². The Hall–Kier alpha value is -2.25. The van der Waals surface area contributed by atoms with Crippen LogP contribution in [0.25, 0.3) is 0 Å². The van der Waals surface area contributed by atoms with Crippen LogP contribution in [0.4, 0.5) is 5.69 Å². The highest BCUT2D eigenvalue weighted by Crippen LogP contribution is 2.53. The SMILES string of the molecule is COCCN1C(=O)[C@@H]2C(C)NC3(C(=O)Nc4c(C)cc(C)cc43)[C@@H]2C1=O. The van der Waals surface area contributed by atoms with Crippen molar-refractivity contribution in [3.63, 3.8) is 0 Å². The molecule has 1 spiro atoms. The van der Waals surface area contributed by atoms with Gasteiger partial charge in [0.05, 0.1) is 25.0 Å². The highest BCUT2D eigenvalue weighted by atomic mass is 16.5. The molecule has 7 nitrogen and oxygen atoms in total. The fourth-order valence-corrected chi connectivity index (χ4v) is 4.88. The maximum Gasteiger partial charge on any atom is 0.250 e. The van der Waals surface area contributed by atoms with Crippen LogP contribution in [0, 0.1) is 25.7 Å². The van der Waals surface area contributed by atoms with E-state index in [1.165, 1.54) is 12.0 Å². The summed E-state index contributed by atoms with van der Waals surface area (Å²) in [5.74, 6) is -2.05. The molecule has 4 atom stereocenters. The summed E-state index contributed by atoms with van der Waals surface area (Å²) in [4.78, 5) is 40.4. The van der Waals surface area contributed by atoms with Gasteiger partial charge in [0.2, 0.25) is 17.7 Å². The molecule has 3 heterocycles. The van der Waals surface area contributed by atoms with Gasteiger partial charge in [-0.15, -0.1) is 0 Å². The number of aryl methyl sites for hydroxylation is 2. The molecule has 138 valence electrons. The van der Waals surface area contributed by atoms with E-state index in [1.54, 1.807) is 0 Å². The van der Waals surface area contributed by atoms with E-state index in [0.717, 1.165) is 22.4 Å². The first-order chi connectivity index (χ1) is 12.3. The maximum absolute atomic E-state index is 13.2. The van der Waals surface area contributed by atoms with E-state index in [-0.39, 0.29) is 36.9 Å². The Balaban J connectivity index is 1.86. The number of anilines is 1. The average molecular weight is 357 g/mol. The lowest BCUT2D eigenvalue weighted by Crippen LogP contribution is -2.53. The predicted molar refractivity (Wildman–Crippen MR) is 94.4 cm³/mol. The number of carbonyl (C=O) groups excluding carboxylic acids is 3. The van der Waals surface area contributed by atoms with Crippen molar-refractivity contribution in [1.82, 2.24) is 10.2 Å². The lowest BCUT2D eigenvalue weighted by atomic mass is 9.76. The largest absolute Gasteiger partial charge is 0.383 e. The van der Waals surface area contributed by atoms with Crippen LogP contribution < -0.4 is 10.6 Å². The van der Waals surface area contributed by atoms with Crippen molar-refractivity contribution in [2.24, 2.45) is 11.8 Å². The second kappa shape index (κ2) is 5.62. The van der Waals surface area contributed by atoms with Gasteiger partial charge in [0.25, 0.3) is 0 Å². The lowest BCUT2D eigenvalue weighted by Gasteiger charge is -2.29. The number of nitrogens with one attached hydrogen (secondary N) is 2. The minimum absolute atomic E-state index is 0.214. The van der Waals surface area contributed by atoms with E-state index in [4.69, 9.17) is 4.74 Å². The smallest absolute Gasteiger partial charge is 0.250 e. The lowest BCUT2D eigenvalue weighted by molar-refractivity contribution is -0.143. The van der Waals surface area contributed by atoms with Crippen LogP contribution >= 0.6 is 0 Å². The Kier molecular flexibility index (Phi) is 3.71. The van der Waals surface area contributed by atoms with E-state index >= 15 is 0 Å². The number of hydrogen-bond donors (Lipinski definition) is 2. The molecule has 0 aliphatic carbocycles. The number of rotatable bonds is 3. The molecule has 2 N–H and O–H groups in total. The molecule has 7 heteroatoms. The number of amides is 3. The number of carbonyl (C=O) groups is 3. The molecule has 0 aromatic heterocycles. The van der Waals surface area contributed by atoms with E-state index in [2.05, 4.69) is 10.6 Å². The first-order valence-corrected chi connectivity index (χ1v) is 8.88. The Labute approximate surface area is 152 Å². The van der Waals surface area contributed by atoms with E-state index in [1.807, 2.05) is 32.9 Å². The minimum atomic E-state index is -1.19. The van der Waals surface area contributed by atoms with Crippen molar-refractivity contribution in [1.29, 1.82) is 0 Å². The van der Waals surface area contributed by atoms with Gasteiger partial charge in [-0.3, -0.25) is 24.6 Å². The molecule has 2 unspecified atom stereocenters. The third kappa shape index (κ3) is 1.98. The second-order valence-electron chi connectivity index (χ2n) is 7.52. The fraction of sp³-hybridized carbons (Fsp3) is 0.526. The van der Waals surface area contributed by atoms with Crippen molar-refractivity contribution >= 4 is 23.4 Å². The summed E-state index contributed by atoms with van der Waals surface area (Å²) in [6, 6.07) is 3.67. The molecule has 3 aliphatic rings. The number of benzene rings is 1. The molecule has 26 heavy (non-hydrogen) atoms. The molecule has 3 aliphatic heterocycles. The third-order valence-electron chi connectivity index (χ3n) is 5.92. The summed E-state index contributed by atoms with van der Waals surface area (Å²) in [6.45, 7) is 6.27. The summed E-state index contributed by atoms with van der Waals surface area (Å²) >= 11 is 0. The molecule has 0 radical (unpaired) electrons. The van der Waals surface area contributed by atoms with Gasteiger partial charge in [-0.25, -0.2) is 0 Å². The summed E-state index contributed by atoms with van der Waals surface area (Å²) in [6.07, 6.45) is 0. The zero-order chi connectivity index (χ0) is 18.8. The van der Waals surface area contributed by atoms with E-state index in [9.17, 15) is 14.4 Å². The molecule has 4 rings (SSSR count). The van der Waals surface area contributed by atoms with Crippen LogP contribution in [0.3, 0.4) is 0 Å². The van der Waals surface area contributed by atoms with Crippen molar-refractivity contribution < 1.29 is 19.1 Å². The summed E-state index contributed by atoms with van der Waals surface area (Å²) in [5, 5.41) is 6.26. The normalized spacial score (nSPS) is 32.4. The van der Waals surface area contributed by atoms with Gasteiger partial charge in [-0.2, -0.15) is 0 Å². The molecule has 1 aromatic rings. The first-order valence-electron chi connectivity index (χ1n) is 8.88. The topological polar surface area (TPSA) is 87.7 Å². The Morgan fingerprint density at radius 2 is 1.92 bits per heavy atom. The van der Waals surface area contributed by atoms with Gasteiger partial charge in [0.15, 0.2) is 0 Å². The zero-order valence-corrected chi connectivity index (χ0v) is 15.4. The molecule has 2 saturated heterocycles. The van der Waals surface area contributed by atoms with Gasteiger partial charge in [0.1, 0.15) is 5.54 Å². The molecule has 3 amide bonds. The van der Waals surface area contributed by atoms with Gasteiger partial charge in [-0.05, 0) is 26.3 Å². The van der Waals surface area contributed by atoms with Crippen LogP contribution in [0.15, 0.2) is 12.1 Å². The van der Waals surface area contributed by atoms with Crippen LogP contribution in [-0.4, -0.2) is 48.9 Å². The molecular formula is C19H23N3O4. The number of imide groups is 1. The minimum Gasteiger partial charge on any atom is -0.383 e. The van der Waals surface area contributed by atoms with Crippen LogP contribution in [-0.2, 0) is 24.7 Å². The standard InChI is InChI=1S/C19H23N3O4/c1-9-7-10(2)15-12(8-9)19(18(25)20-15)14-13(11(3)21-19)16(23)22(17(14)24)5-6-26-4/h7-8,11,13-14,21H,5-6H2,1-4H3,(H,20,25)/t11?,13-,14+,19?/m1/s1. The highest BCUT2D eigenvalue weighted by Gasteiger charge is 2.69. The van der Waals surface area contributed by atoms with Crippen LogP contribution in [0.5, 0.6) is 0 Å². The van der Waals surface area contributed by atoms with Gasteiger partial charge in [0, 0.05) is 24.4 Å². The van der Waals surface area contributed by atoms with E-state index in [0.29, 0.717) is 0 Å². The van der Waals surface area contributed by atoms with Crippen molar-refractivity contribution in [2.45, 2.75) is 32.4 Å². The van der Waals surface area contributed by atoms with Crippen molar-refractivity contribution in [3.8, 4) is 0 Å². The number of ether oxygens (including phenoxy) is 1. The Bertz CT molecular complexity index is 836. The summed E-state index contributed by atoms with van der Waals surface area (Å²) in [7, 11) is 1.53. The molecule has 2 fully saturated rings. The van der Waals surface area contributed by atoms with Gasteiger partial charge >= 0.3 is 0 Å². The Morgan fingerprint density at radius 1 is 1.19 bits per heavy atom. The number of fused-ring (bicyclic) bond motifs is 4. The Morgan fingerprint density at radius 3 is 2.62 bits per heavy atom. The summed E-state index contributed by atoms with van der Waals surface area (Å²) < 4.78 is 5.03. The molecule has 1 aromatic carbocycles. The summed E-state index contributed by atoms with van der Waals surface area (Å²) in [5.41, 5.74) is 2.30. The second-order valence-corrected chi connectivity index (χ2v) is 7.52. The van der Waals surface area contributed by atoms with Crippen LogP contribution in [0.2, 0.25) is 0 Å². The predicted octanol–water partition coefficient (Wildman–Crippen LogP) is 0.690. The quantitative estimate of drug-likeness (QED) is 0.777. The number of likely N-dealkylation sites (tertiary alicyclic amines) is 1. The van der Waals surface area contributed by atoms with Crippen LogP contribution in [0.1, 0.15) is 23.6 Å². The third-order valence-corrected chi connectivity index (χ3v) is 5.92. The number of nitrogens with zero attached hydrogens (tertiary/aromatic N) is 1. The van der Waals surface area contributed by atoms with Crippen molar-refractivity contribution in [2.75, 3.05) is 25.6 Å². The highest BCUT2D eigenvalue weighted by molar-refractivity contribution is 6.15. The monoisotopic (exact) mass is 357 g/mol. The van der Waals surface area contributed by atoms with Gasteiger partial charge < -0.3 is 10.1 Å². The zero-order valence-electron chi connectivity index (χ0n) is 15.4. The molecule has 0 bridgehead atoms. The van der Waals surface area contributed by atoms with Gasteiger partial charge in [-0.1, -0.05) is 17.7 Å². The first kappa shape index (κ1) is 17.2. The number of hydrogen-bond acceptors (Lipinski definition) is 5. The maximum atomic E-state index is 13.2. The average Bonchev–Trinajstić information content (AvgIpc) is 3.13.